The van der Waals surface area contributed by atoms with Crippen LogP contribution in [0.25, 0.3) is 16.6 Å². The molecule has 0 radical (unpaired) electrons. The number of carbonyl (C=O) groups is 1. The van der Waals surface area contributed by atoms with Gasteiger partial charge in [-0.2, -0.15) is 0 Å². The lowest BCUT2D eigenvalue weighted by Crippen LogP contribution is -2.40. The molecule has 0 aliphatic rings. The number of nitrogens with zero attached hydrogens (tertiary/aromatic N) is 3. The molecule has 3 rings (SSSR count). The number of alkyl halides is 1. The van der Waals surface area contributed by atoms with E-state index in [4.69, 9.17) is 16.6 Å². The van der Waals surface area contributed by atoms with Crippen molar-refractivity contribution in [2.75, 3.05) is 12.4 Å². The number of para-hydroxylation sites is 1. The van der Waals surface area contributed by atoms with E-state index in [0.29, 0.717) is 35.6 Å². The van der Waals surface area contributed by atoms with E-state index in [9.17, 15) is 9.59 Å². The summed E-state index contributed by atoms with van der Waals surface area (Å²) in [5.74, 6) is 0.760. The molecule has 0 N–H and O–H groups in total. The highest BCUT2D eigenvalue weighted by atomic mass is 35.5. The number of aryl methyl sites for hydroxylation is 2. The quantitative estimate of drug-likeness (QED) is 0.419. The van der Waals surface area contributed by atoms with Crippen LogP contribution in [-0.2, 0) is 4.79 Å². The molecule has 1 amide bonds. The number of halogens is 1. The topological polar surface area (TPSA) is 55.2 Å². The Morgan fingerprint density at radius 2 is 1.84 bits per heavy atom. The second kappa shape index (κ2) is 10.3. The molecule has 6 heteroatoms. The van der Waals surface area contributed by atoms with Gasteiger partial charge in [-0.05, 0) is 68.0 Å². The summed E-state index contributed by atoms with van der Waals surface area (Å²) in [4.78, 5) is 33.3. The van der Waals surface area contributed by atoms with Crippen molar-refractivity contribution in [2.45, 2.75) is 53.5 Å². The van der Waals surface area contributed by atoms with Crippen molar-refractivity contribution in [1.29, 1.82) is 0 Å². The van der Waals surface area contributed by atoms with Crippen LogP contribution in [0.15, 0.2) is 47.3 Å². The highest BCUT2D eigenvalue weighted by Gasteiger charge is 2.28. The Morgan fingerprint density at radius 3 is 2.47 bits per heavy atom. The Kier molecular flexibility index (Phi) is 7.73. The molecule has 0 aliphatic heterocycles. The second-order valence-corrected chi connectivity index (χ2v) is 8.99. The summed E-state index contributed by atoms with van der Waals surface area (Å²) >= 11 is 5.99. The predicted molar refractivity (Wildman–Crippen MR) is 132 cm³/mol. The van der Waals surface area contributed by atoms with Gasteiger partial charge in [-0.25, -0.2) is 4.98 Å². The lowest BCUT2D eigenvalue weighted by molar-refractivity contribution is -0.131. The molecule has 0 saturated carbocycles. The third kappa shape index (κ3) is 4.88. The number of hydrogen-bond acceptors (Lipinski definition) is 3. The third-order valence-electron chi connectivity index (χ3n) is 5.99. The molecule has 1 unspecified atom stereocenters. The van der Waals surface area contributed by atoms with Crippen LogP contribution in [0.1, 0.15) is 56.6 Å². The Labute approximate surface area is 195 Å². The first-order chi connectivity index (χ1) is 15.3. The zero-order chi connectivity index (χ0) is 23.4. The molecule has 2 aromatic carbocycles. The highest BCUT2D eigenvalue weighted by molar-refractivity contribution is 6.27. The van der Waals surface area contributed by atoms with E-state index in [1.165, 1.54) is 0 Å². The lowest BCUT2D eigenvalue weighted by atomic mass is 10.1. The number of aromatic nitrogens is 2. The van der Waals surface area contributed by atoms with Crippen molar-refractivity contribution in [3.05, 3.63) is 69.8 Å². The molecule has 0 saturated heterocycles. The van der Waals surface area contributed by atoms with Crippen LogP contribution >= 0.6 is 11.6 Å². The molecule has 3 aromatic rings. The van der Waals surface area contributed by atoms with E-state index < -0.39 is 0 Å². The van der Waals surface area contributed by atoms with Crippen molar-refractivity contribution in [2.24, 2.45) is 5.92 Å². The maximum atomic E-state index is 13.7. The highest BCUT2D eigenvalue weighted by Crippen LogP contribution is 2.27. The summed E-state index contributed by atoms with van der Waals surface area (Å²) in [5, 5.41) is 0.557. The van der Waals surface area contributed by atoms with Crippen LogP contribution in [0.3, 0.4) is 0 Å². The maximum Gasteiger partial charge on any atom is 0.266 e. The molecular formula is C26H32ClN3O2. The van der Waals surface area contributed by atoms with E-state index in [1.54, 1.807) is 15.5 Å². The Balaban J connectivity index is 2.29. The van der Waals surface area contributed by atoms with Gasteiger partial charge in [0.25, 0.3) is 5.56 Å². The average molecular weight is 454 g/mol. The van der Waals surface area contributed by atoms with E-state index in [0.717, 1.165) is 23.2 Å². The smallest absolute Gasteiger partial charge is 0.266 e. The van der Waals surface area contributed by atoms with Crippen molar-refractivity contribution in [3.8, 4) is 5.69 Å². The molecule has 0 spiro atoms. The van der Waals surface area contributed by atoms with Gasteiger partial charge in [0.15, 0.2) is 0 Å². The molecule has 1 heterocycles. The predicted octanol–water partition coefficient (Wildman–Crippen LogP) is 5.57. The van der Waals surface area contributed by atoms with Crippen LogP contribution in [0.4, 0.5) is 0 Å². The van der Waals surface area contributed by atoms with Gasteiger partial charge in [0, 0.05) is 6.54 Å². The fraction of sp³-hybridized carbons (Fsp3) is 0.423. The van der Waals surface area contributed by atoms with Crippen molar-refractivity contribution in [1.82, 2.24) is 14.5 Å². The number of hydrogen-bond donors (Lipinski definition) is 0. The van der Waals surface area contributed by atoms with Crippen LogP contribution in [0, 0.1) is 19.8 Å². The van der Waals surface area contributed by atoms with Gasteiger partial charge < -0.3 is 4.90 Å². The van der Waals surface area contributed by atoms with Gasteiger partial charge in [-0.3, -0.25) is 14.2 Å². The lowest BCUT2D eigenvalue weighted by Gasteiger charge is -2.32. The first kappa shape index (κ1) is 24.0. The SMILES string of the molecule is CCC(c1nc2ccccc2c(=O)n1-c1ccc(C)c(C)c1)N(CCC(C)C)C(=O)CCl. The number of carbonyl (C=O) groups excluding carboxylic acids is 1. The fourth-order valence-electron chi connectivity index (χ4n) is 3.96. The van der Waals surface area contributed by atoms with E-state index >= 15 is 0 Å². The normalized spacial score (nSPS) is 12.3. The van der Waals surface area contributed by atoms with Gasteiger partial charge >= 0.3 is 0 Å². The first-order valence-electron chi connectivity index (χ1n) is 11.2. The van der Waals surface area contributed by atoms with Gasteiger partial charge in [0.1, 0.15) is 11.7 Å². The number of rotatable bonds is 8. The van der Waals surface area contributed by atoms with E-state index in [1.807, 2.05) is 57.2 Å². The molecule has 32 heavy (non-hydrogen) atoms. The Bertz CT molecular complexity index is 1170. The number of benzene rings is 2. The van der Waals surface area contributed by atoms with Gasteiger partial charge in [0.2, 0.25) is 5.91 Å². The van der Waals surface area contributed by atoms with E-state index in [2.05, 4.69) is 13.8 Å². The summed E-state index contributed by atoms with van der Waals surface area (Å²) in [6, 6.07) is 13.0. The fourth-order valence-corrected chi connectivity index (χ4v) is 4.11. The molecule has 170 valence electrons. The number of amides is 1. The average Bonchev–Trinajstić information content (AvgIpc) is 2.78. The standard InChI is InChI=1S/C26H32ClN3O2/c1-6-23(29(24(31)16-27)14-13-17(2)3)25-28-22-10-8-7-9-21(22)26(32)30(25)20-12-11-18(4)19(5)15-20/h7-12,15,17,23H,6,13-14,16H2,1-5H3. The zero-order valence-electron chi connectivity index (χ0n) is 19.6. The maximum absolute atomic E-state index is 13.7. The second-order valence-electron chi connectivity index (χ2n) is 8.72. The summed E-state index contributed by atoms with van der Waals surface area (Å²) in [6.07, 6.45) is 1.47. The third-order valence-corrected chi connectivity index (χ3v) is 6.22. The zero-order valence-corrected chi connectivity index (χ0v) is 20.3. The first-order valence-corrected chi connectivity index (χ1v) is 11.8. The number of fused-ring (bicyclic) bond motifs is 1. The minimum Gasteiger partial charge on any atom is -0.331 e. The van der Waals surface area contributed by atoms with Crippen molar-refractivity contribution < 1.29 is 4.79 Å². The molecule has 0 aliphatic carbocycles. The van der Waals surface area contributed by atoms with Gasteiger partial charge in [0.05, 0.1) is 22.6 Å². The van der Waals surface area contributed by atoms with Crippen LogP contribution in [0.5, 0.6) is 0 Å². The summed E-state index contributed by atoms with van der Waals surface area (Å²) in [5.41, 5.74) is 3.50. The van der Waals surface area contributed by atoms with Crippen molar-refractivity contribution in [3.63, 3.8) is 0 Å². The largest absolute Gasteiger partial charge is 0.331 e. The van der Waals surface area contributed by atoms with Crippen LogP contribution in [-0.4, -0.2) is 32.8 Å². The Hall–Kier alpha value is -2.66. The van der Waals surface area contributed by atoms with Gasteiger partial charge in [-0.1, -0.05) is 39.0 Å². The van der Waals surface area contributed by atoms with Gasteiger partial charge in [-0.15, -0.1) is 11.6 Å². The van der Waals surface area contributed by atoms with Crippen LogP contribution < -0.4 is 5.56 Å². The molecule has 0 bridgehead atoms. The molecular weight excluding hydrogens is 422 g/mol. The Morgan fingerprint density at radius 1 is 1.12 bits per heavy atom. The van der Waals surface area contributed by atoms with E-state index in [-0.39, 0.29) is 23.4 Å². The summed E-state index contributed by atoms with van der Waals surface area (Å²) in [6.45, 7) is 10.9. The monoisotopic (exact) mass is 453 g/mol. The molecule has 0 fully saturated rings. The molecule has 5 nitrogen and oxygen atoms in total. The van der Waals surface area contributed by atoms with Crippen molar-refractivity contribution >= 4 is 28.4 Å². The summed E-state index contributed by atoms with van der Waals surface area (Å²) < 4.78 is 1.67. The van der Waals surface area contributed by atoms with Crippen LogP contribution in [0.2, 0.25) is 0 Å². The molecule has 1 aromatic heterocycles. The summed E-state index contributed by atoms with van der Waals surface area (Å²) in [7, 11) is 0. The minimum absolute atomic E-state index is 0.101. The minimum atomic E-state index is -0.362. The molecule has 1 atom stereocenters.